The van der Waals surface area contributed by atoms with Gasteiger partial charge in [-0.1, -0.05) is 31.4 Å². The van der Waals surface area contributed by atoms with E-state index in [2.05, 4.69) is 14.7 Å². The highest BCUT2D eigenvalue weighted by Gasteiger charge is 2.32. The molecule has 2 heterocycles. The number of phenolic OH excluding ortho intramolecular Hbond substituents is 1. The van der Waals surface area contributed by atoms with Crippen molar-refractivity contribution in [3.63, 3.8) is 0 Å². The number of hydrogen-bond acceptors (Lipinski definition) is 3. The number of phenols is 1. The van der Waals surface area contributed by atoms with Gasteiger partial charge in [0.2, 0.25) is 5.69 Å². The minimum atomic E-state index is -0.581. The van der Waals surface area contributed by atoms with Crippen LogP contribution in [-0.4, -0.2) is 23.2 Å². The number of rotatable bonds is 6. The van der Waals surface area contributed by atoms with Gasteiger partial charge < -0.3 is 10.0 Å². The summed E-state index contributed by atoms with van der Waals surface area (Å²) in [4.78, 5) is 10.3. The van der Waals surface area contributed by atoms with Crippen LogP contribution < -0.4 is 4.90 Å². The van der Waals surface area contributed by atoms with Crippen molar-refractivity contribution in [2.45, 2.75) is 32.6 Å². The summed E-state index contributed by atoms with van der Waals surface area (Å²) in [6, 6.07) is 12.8. The molecular weight excluding hydrogens is 468 g/mol. The number of pyridine rings is 1. The van der Waals surface area contributed by atoms with Crippen molar-refractivity contribution in [2.75, 3.05) is 18.0 Å². The number of hydrogen-bond donors (Lipinski definition) is 1. The van der Waals surface area contributed by atoms with Crippen LogP contribution in [0.5, 0.6) is 5.75 Å². The number of halogens is 2. The van der Waals surface area contributed by atoms with Crippen molar-refractivity contribution in [3.05, 3.63) is 83.3 Å². The van der Waals surface area contributed by atoms with Gasteiger partial charge >= 0.3 is 0 Å². The molecule has 1 N–H and O–H groups in total. The molecule has 2 fully saturated rings. The zero-order valence-corrected chi connectivity index (χ0v) is 20.6. The Kier molecular flexibility index (Phi) is 5.79. The monoisotopic (exact) mass is 495 g/mol. The van der Waals surface area contributed by atoms with Gasteiger partial charge in [0.15, 0.2) is 0 Å². The van der Waals surface area contributed by atoms with Crippen molar-refractivity contribution >= 4 is 22.3 Å². The van der Waals surface area contributed by atoms with Gasteiger partial charge in [-0.2, -0.15) is 0 Å². The molecule has 6 rings (SSSR count). The molecule has 0 radical (unpaired) electrons. The largest absolute Gasteiger partial charge is 0.518 e. The first-order valence-corrected chi connectivity index (χ1v) is 12.7. The molecule has 1 aromatic heterocycles. The Morgan fingerprint density at radius 2 is 1.70 bits per heavy atom. The van der Waals surface area contributed by atoms with Gasteiger partial charge in [0.05, 0.1) is 17.8 Å². The lowest BCUT2D eigenvalue weighted by atomic mass is 9.90. The van der Waals surface area contributed by atoms with Crippen LogP contribution in [0.4, 0.5) is 20.2 Å². The molecule has 0 unspecified atom stereocenters. The second-order valence-electron chi connectivity index (χ2n) is 10.5. The van der Waals surface area contributed by atoms with E-state index in [1.807, 2.05) is 25.1 Å². The maximum absolute atomic E-state index is 14.4. The molecule has 4 aromatic rings. The van der Waals surface area contributed by atoms with Gasteiger partial charge in [-0.3, -0.25) is 4.98 Å². The summed E-state index contributed by atoms with van der Waals surface area (Å²) in [6.45, 7) is 11.0. The third-order valence-corrected chi connectivity index (χ3v) is 7.63. The normalized spacial score (nSPS) is 15.6. The average Bonchev–Trinajstić information content (AvgIpc) is 3.67. The van der Waals surface area contributed by atoms with Crippen molar-refractivity contribution in [1.29, 1.82) is 0 Å². The van der Waals surface area contributed by atoms with Gasteiger partial charge in [-0.25, -0.2) is 13.6 Å². The molecule has 6 heteroatoms. The highest BCUT2D eigenvalue weighted by atomic mass is 19.1. The molecule has 1 saturated heterocycles. The summed E-state index contributed by atoms with van der Waals surface area (Å²) in [5, 5.41) is 11.5. The smallest absolute Gasteiger partial charge is 0.231 e. The minimum Gasteiger partial charge on any atom is -0.518 e. The second kappa shape index (κ2) is 9.15. The molecule has 3 aromatic carbocycles. The predicted octanol–water partition coefficient (Wildman–Crippen LogP) is 8.04. The fraction of sp³-hybridized carbons (Fsp3) is 0.290. The molecule has 2 aliphatic rings. The lowest BCUT2D eigenvalue weighted by Crippen LogP contribution is -2.47. The van der Waals surface area contributed by atoms with Crippen LogP contribution in [0.1, 0.15) is 31.2 Å². The van der Waals surface area contributed by atoms with Crippen molar-refractivity contribution < 1.29 is 13.9 Å². The zero-order chi connectivity index (χ0) is 25.7. The van der Waals surface area contributed by atoms with Crippen LogP contribution in [0.15, 0.2) is 54.7 Å². The molecule has 37 heavy (non-hydrogen) atoms. The van der Waals surface area contributed by atoms with Crippen LogP contribution in [0.3, 0.4) is 0 Å². The van der Waals surface area contributed by atoms with E-state index >= 15 is 0 Å². The van der Waals surface area contributed by atoms with E-state index < -0.39 is 5.82 Å². The SMILES string of the molecule is [C-]#[N+]c1cc(F)cc(-c2ccc3ncc(-c4cc(C)cc(F)c4)c(N4CC(CCC5CC5)C4)c3c2)c1O. The molecule has 4 nitrogen and oxygen atoms in total. The predicted molar refractivity (Wildman–Crippen MR) is 143 cm³/mol. The Bertz CT molecular complexity index is 1550. The van der Waals surface area contributed by atoms with Crippen LogP contribution >= 0.6 is 0 Å². The number of nitrogens with zero attached hydrogens (tertiary/aromatic N) is 3. The maximum Gasteiger partial charge on any atom is 0.231 e. The number of fused-ring (bicyclic) bond motifs is 1. The van der Waals surface area contributed by atoms with Crippen LogP contribution in [0, 0.1) is 37.0 Å². The van der Waals surface area contributed by atoms with E-state index in [9.17, 15) is 13.9 Å². The molecule has 186 valence electrons. The van der Waals surface area contributed by atoms with Gasteiger partial charge in [-0.15, -0.1) is 0 Å². The Labute approximate surface area is 215 Å². The summed E-state index contributed by atoms with van der Waals surface area (Å²) in [6.07, 6.45) is 7.04. The number of benzene rings is 3. The van der Waals surface area contributed by atoms with E-state index in [1.54, 1.807) is 12.3 Å². The second-order valence-corrected chi connectivity index (χ2v) is 10.5. The quantitative estimate of drug-likeness (QED) is 0.275. The van der Waals surface area contributed by atoms with Crippen LogP contribution in [-0.2, 0) is 0 Å². The summed E-state index contributed by atoms with van der Waals surface area (Å²) >= 11 is 0. The van der Waals surface area contributed by atoms with Crippen molar-refractivity contribution in [1.82, 2.24) is 4.98 Å². The number of anilines is 1. The first kappa shape index (κ1) is 23.4. The topological polar surface area (TPSA) is 40.7 Å². The molecular formula is C31H27F2N3O. The van der Waals surface area contributed by atoms with E-state index in [-0.39, 0.29) is 22.8 Å². The molecule has 0 atom stereocenters. The number of aromatic hydroxyl groups is 1. The lowest BCUT2D eigenvalue weighted by Gasteiger charge is -2.43. The standard InChI is InChI=1S/C31H27F2N3O/c1-18-9-22(11-23(32)10-18)27-15-35-28-8-7-21(25-13-24(33)14-29(34-2)31(25)37)12-26(28)30(27)36-16-20(17-36)6-5-19-3-4-19/h7-15,19-20,37H,3-6,16-17H2,1H3. The molecule has 0 amide bonds. The zero-order valence-electron chi connectivity index (χ0n) is 20.6. The van der Waals surface area contributed by atoms with Gasteiger partial charge in [0, 0.05) is 35.8 Å². The van der Waals surface area contributed by atoms with Gasteiger partial charge in [-0.05, 0) is 78.3 Å². The van der Waals surface area contributed by atoms with Crippen molar-refractivity contribution in [3.8, 4) is 28.0 Å². The van der Waals surface area contributed by atoms with Crippen molar-refractivity contribution in [2.24, 2.45) is 11.8 Å². The molecule has 1 aliphatic heterocycles. The third kappa shape index (κ3) is 4.51. The van der Waals surface area contributed by atoms with E-state index in [4.69, 9.17) is 6.57 Å². The Balaban J connectivity index is 1.49. The number of aromatic nitrogens is 1. The van der Waals surface area contributed by atoms with Crippen LogP contribution in [0.25, 0.3) is 38.0 Å². The first-order chi connectivity index (χ1) is 17.9. The fourth-order valence-electron chi connectivity index (χ4n) is 5.49. The van der Waals surface area contributed by atoms with Crippen LogP contribution in [0.2, 0.25) is 0 Å². The Morgan fingerprint density at radius 1 is 0.946 bits per heavy atom. The van der Waals surface area contributed by atoms with E-state index in [0.717, 1.165) is 58.4 Å². The third-order valence-electron chi connectivity index (χ3n) is 7.63. The Morgan fingerprint density at radius 3 is 2.43 bits per heavy atom. The summed E-state index contributed by atoms with van der Waals surface area (Å²) in [5.41, 5.74) is 4.90. The summed E-state index contributed by atoms with van der Waals surface area (Å²) in [7, 11) is 0. The lowest BCUT2D eigenvalue weighted by molar-refractivity contribution is 0.367. The molecule has 1 saturated carbocycles. The fourth-order valence-corrected chi connectivity index (χ4v) is 5.49. The highest BCUT2D eigenvalue weighted by molar-refractivity contribution is 6.02. The van der Waals surface area contributed by atoms with Gasteiger partial charge in [0.25, 0.3) is 0 Å². The number of aryl methyl sites for hydroxylation is 1. The van der Waals surface area contributed by atoms with E-state index in [1.165, 1.54) is 43.9 Å². The maximum atomic E-state index is 14.4. The Hall–Kier alpha value is -3.98. The minimum absolute atomic E-state index is 0.126. The van der Waals surface area contributed by atoms with Gasteiger partial charge in [0.1, 0.15) is 17.4 Å². The molecule has 0 bridgehead atoms. The first-order valence-electron chi connectivity index (χ1n) is 12.7. The molecule has 0 spiro atoms. The summed E-state index contributed by atoms with van der Waals surface area (Å²) in [5.74, 6) is 0.414. The highest BCUT2D eigenvalue weighted by Crippen LogP contribution is 2.45. The summed E-state index contributed by atoms with van der Waals surface area (Å²) < 4.78 is 28.7. The van der Waals surface area contributed by atoms with E-state index in [0.29, 0.717) is 11.5 Å². The molecule has 1 aliphatic carbocycles. The average molecular weight is 496 g/mol.